The van der Waals surface area contributed by atoms with Gasteiger partial charge in [-0.3, -0.25) is 14.2 Å². The molecule has 1 N–H and O–H groups in total. The molecule has 0 spiro atoms. The normalized spacial score (nSPS) is 11.6. The van der Waals surface area contributed by atoms with Gasteiger partial charge in [0.15, 0.2) is 10.9 Å². The molecule has 1 heterocycles. The molecule has 0 unspecified atom stereocenters. The third kappa shape index (κ3) is 7.27. The summed E-state index contributed by atoms with van der Waals surface area (Å²) < 4.78 is 28.7. The molecule has 198 valence electrons. The molecule has 0 saturated carbocycles. The molecule has 1 amide bonds. The lowest BCUT2D eigenvalue weighted by Crippen LogP contribution is -2.30. The molecule has 37 heavy (non-hydrogen) atoms. The molecule has 0 saturated heterocycles. The summed E-state index contributed by atoms with van der Waals surface area (Å²) in [7, 11) is -3.58. The number of hydrogen-bond acceptors (Lipinski definition) is 7. The molecular formula is C26H33N5O4S2. The van der Waals surface area contributed by atoms with Crippen molar-refractivity contribution in [3.05, 3.63) is 65.5 Å². The summed E-state index contributed by atoms with van der Waals surface area (Å²) in [6, 6.07) is 14.0. The molecule has 0 aliphatic rings. The molecule has 0 aliphatic heterocycles. The molecule has 0 bridgehead atoms. The average Bonchev–Trinajstić information content (AvgIpc) is 3.28. The Labute approximate surface area is 222 Å². The second-order valence-electron chi connectivity index (χ2n) is 8.49. The van der Waals surface area contributed by atoms with Crippen molar-refractivity contribution < 1.29 is 18.0 Å². The van der Waals surface area contributed by atoms with Gasteiger partial charge in [0, 0.05) is 44.2 Å². The molecule has 0 fully saturated rings. The van der Waals surface area contributed by atoms with Gasteiger partial charge >= 0.3 is 0 Å². The number of aromatic nitrogens is 3. The Kier molecular flexibility index (Phi) is 10.0. The molecule has 3 aromatic rings. The van der Waals surface area contributed by atoms with Crippen LogP contribution in [-0.4, -0.2) is 64.6 Å². The number of carbonyl (C=O) groups excluding carboxylic acids is 2. The molecule has 3 rings (SSSR count). The van der Waals surface area contributed by atoms with Crippen LogP contribution in [0.1, 0.15) is 48.9 Å². The number of nitrogens with zero attached hydrogens (tertiary/aromatic N) is 4. The lowest BCUT2D eigenvalue weighted by Gasteiger charge is -2.18. The van der Waals surface area contributed by atoms with Crippen LogP contribution in [0.5, 0.6) is 0 Å². The number of Topliss-reactive ketones (excluding diaryl/α,β-unsaturated/α-hetero) is 1. The van der Waals surface area contributed by atoms with Gasteiger partial charge in [-0.15, -0.1) is 10.2 Å². The maximum Gasteiger partial charge on any atom is 0.243 e. The van der Waals surface area contributed by atoms with Crippen LogP contribution in [0.3, 0.4) is 0 Å². The highest BCUT2D eigenvalue weighted by molar-refractivity contribution is 7.99. The fourth-order valence-corrected chi connectivity index (χ4v) is 6.16. The minimum absolute atomic E-state index is 0.0754. The van der Waals surface area contributed by atoms with Gasteiger partial charge in [-0.1, -0.05) is 49.9 Å². The number of ketones is 1. The van der Waals surface area contributed by atoms with Gasteiger partial charge in [0.25, 0.3) is 0 Å². The summed E-state index contributed by atoms with van der Waals surface area (Å²) >= 11 is 1.28. The number of amides is 1. The van der Waals surface area contributed by atoms with E-state index < -0.39 is 10.0 Å². The van der Waals surface area contributed by atoms with E-state index in [4.69, 9.17) is 0 Å². The fraction of sp³-hybridized carbons (Fsp3) is 0.385. The fourth-order valence-electron chi connectivity index (χ4n) is 3.83. The highest BCUT2D eigenvalue weighted by Crippen LogP contribution is 2.25. The molecular weight excluding hydrogens is 510 g/mol. The van der Waals surface area contributed by atoms with Gasteiger partial charge in [0.05, 0.1) is 10.6 Å². The summed E-state index contributed by atoms with van der Waals surface area (Å²) in [6.45, 7) is 8.38. The van der Waals surface area contributed by atoms with E-state index in [1.807, 2.05) is 35.8 Å². The standard InChI is InChI=1S/C26H33N5O4S2/c1-5-30(6-2)37(34,35)23-14-12-21(13-15-23)24(33)18-36-26-29-28-25(11-8-16-27-20(4)32)31(26)22-10-7-9-19(3)17-22/h7,9-10,12-15,17H,5-6,8,11,16,18H2,1-4H3,(H,27,32). The summed E-state index contributed by atoms with van der Waals surface area (Å²) in [5.41, 5.74) is 2.42. The summed E-state index contributed by atoms with van der Waals surface area (Å²) in [5, 5.41) is 12.1. The van der Waals surface area contributed by atoms with Gasteiger partial charge in [-0.05, 0) is 43.2 Å². The Bertz CT molecular complexity index is 1330. The summed E-state index contributed by atoms with van der Waals surface area (Å²) in [4.78, 5) is 24.3. The van der Waals surface area contributed by atoms with E-state index in [1.165, 1.54) is 35.1 Å². The van der Waals surface area contributed by atoms with Crippen molar-refractivity contribution in [3.8, 4) is 5.69 Å². The van der Waals surface area contributed by atoms with Gasteiger partial charge < -0.3 is 5.32 Å². The number of benzene rings is 2. The third-order valence-corrected chi connectivity index (χ3v) is 8.76. The van der Waals surface area contributed by atoms with Crippen LogP contribution in [-0.2, 0) is 21.2 Å². The van der Waals surface area contributed by atoms with Gasteiger partial charge in [0.2, 0.25) is 15.9 Å². The summed E-state index contributed by atoms with van der Waals surface area (Å²) in [5.74, 6) is 0.658. The van der Waals surface area contributed by atoms with Crippen LogP contribution in [0.2, 0.25) is 0 Å². The molecule has 0 radical (unpaired) electrons. The third-order valence-electron chi connectivity index (χ3n) is 5.76. The van der Waals surface area contributed by atoms with Crippen molar-refractivity contribution in [2.75, 3.05) is 25.4 Å². The number of hydrogen-bond donors (Lipinski definition) is 1. The SMILES string of the molecule is CCN(CC)S(=O)(=O)c1ccc(C(=O)CSc2nnc(CCCNC(C)=O)n2-c2cccc(C)c2)cc1. The van der Waals surface area contributed by atoms with Crippen LogP contribution < -0.4 is 5.32 Å². The topological polar surface area (TPSA) is 114 Å². The van der Waals surface area contributed by atoms with Crippen molar-refractivity contribution >= 4 is 33.5 Å². The number of aryl methyl sites for hydroxylation is 2. The first kappa shape index (κ1) is 28.5. The Morgan fingerprint density at radius 3 is 2.38 bits per heavy atom. The Morgan fingerprint density at radius 1 is 1.05 bits per heavy atom. The Balaban J connectivity index is 1.76. The minimum atomic E-state index is -3.58. The Morgan fingerprint density at radius 2 is 1.76 bits per heavy atom. The maximum absolute atomic E-state index is 12.9. The first-order valence-corrected chi connectivity index (χ1v) is 14.6. The van der Waals surface area contributed by atoms with Crippen molar-refractivity contribution in [3.63, 3.8) is 0 Å². The number of thioether (sulfide) groups is 1. The van der Waals surface area contributed by atoms with E-state index in [1.54, 1.807) is 26.0 Å². The zero-order chi connectivity index (χ0) is 27.0. The van der Waals surface area contributed by atoms with E-state index in [-0.39, 0.29) is 22.3 Å². The lowest BCUT2D eigenvalue weighted by atomic mass is 10.1. The molecule has 11 heteroatoms. The molecule has 0 aliphatic carbocycles. The number of carbonyl (C=O) groups is 2. The van der Waals surface area contributed by atoms with Crippen molar-refractivity contribution in [1.29, 1.82) is 0 Å². The van der Waals surface area contributed by atoms with E-state index in [0.29, 0.717) is 43.2 Å². The minimum Gasteiger partial charge on any atom is -0.356 e. The highest BCUT2D eigenvalue weighted by Gasteiger charge is 2.22. The van der Waals surface area contributed by atoms with Crippen molar-refractivity contribution in [2.45, 2.75) is 50.6 Å². The first-order valence-electron chi connectivity index (χ1n) is 12.2. The van der Waals surface area contributed by atoms with E-state index in [2.05, 4.69) is 15.5 Å². The highest BCUT2D eigenvalue weighted by atomic mass is 32.2. The number of rotatable bonds is 13. The lowest BCUT2D eigenvalue weighted by molar-refractivity contribution is -0.118. The quantitative estimate of drug-likeness (QED) is 0.199. The van der Waals surface area contributed by atoms with Crippen LogP contribution in [0.4, 0.5) is 0 Å². The van der Waals surface area contributed by atoms with E-state index in [9.17, 15) is 18.0 Å². The van der Waals surface area contributed by atoms with Crippen LogP contribution >= 0.6 is 11.8 Å². The predicted octanol–water partition coefficient (Wildman–Crippen LogP) is 3.65. The predicted molar refractivity (Wildman–Crippen MR) is 145 cm³/mol. The van der Waals surface area contributed by atoms with E-state index >= 15 is 0 Å². The monoisotopic (exact) mass is 543 g/mol. The van der Waals surface area contributed by atoms with E-state index in [0.717, 1.165) is 17.1 Å². The van der Waals surface area contributed by atoms with Gasteiger partial charge in [0.1, 0.15) is 5.82 Å². The van der Waals surface area contributed by atoms with Crippen LogP contribution in [0, 0.1) is 6.92 Å². The van der Waals surface area contributed by atoms with Crippen molar-refractivity contribution in [2.24, 2.45) is 0 Å². The van der Waals surface area contributed by atoms with Gasteiger partial charge in [-0.2, -0.15) is 4.31 Å². The summed E-state index contributed by atoms with van der Waals surface area (Å²) in [6.07, 6.45) is 1.31. The zero-order valence-electron chi connectivity index (χ0n) is 21.6. The van der Waals surface area contributed by atoms with Crippen molar-refractivity contribution in [1.82, 2.24) is 24.4 Å². The maximum atomic E-state index is 12.9. The van der Waals surface area contributed by atoms with Gasteiger partial charge in [-0.25, -0.2) is 8.42 Å². The number of nitrogens with one attached hydrogen (secondary N) is 1. The molecule has 9 nitrogen and oxygen atoms in total. The second-order valence-corrected chi connectivity index (χ2v) is 11.4. The second kappa shape index (κ2) is 13.0. The molecule has 1 aromatic heterocycles. The average molecular weight is 544 g/mol. The molecule has 0 atom stereocenters. The zero-order valence-corrected chi connectivity index (χ0v) is 23.2. The molecule has 2 aromatic carbocycles. The Hall–Kier alpha value is -3.02. The number of sulfonamides is 1. The smallest absolute Gasteiger partial charge is 0.243 e. The van der Waals surface area contributed by atoms with Crippen LogP contribution in [0.25, 0.3) is 5.69 Å². The first-order chi connectivity index (χ1) is 17.7. The largest absolute Gasteiger partial charge is 0.356 e. The van der Waals surface area contributed by atoms with Crippen LogP contribution in [0.15, 0.2) is 58.6 Å².